The number of H-pyrrole nitrogens is 1. The van der Waals surface area contributed by atoms with Crippen molar-refractivity contribution in [3.63, 3.8) is 0 Å². The molecule has 16 nitrogen and oxygen atoms in total. The maximum Gasteiger partial charge on any atom is 0.404 e. The Morgan fingerprint density at radius 2 is 1.81 bits per heavy atom. The standard InChI is InChI=1S/C25H33N6O10P/c1-12(2)39-19-15(10-38-42(36,37)30-16(24(34)35)18(32)14-8-6-5-7-9-14)41-23(20(19)40-13(3)4)31-11-27-17-21(31)28-25(26)29-22(17)33/h5-9,11-13,15-16,19-20,23H,10H2,1-4H3,(H,34,35)(H2,30,36,37)(H3,26,28,29,33)/t15-,16?,19-,20-,23-/m1/s1. The highest BCUT2D eigenvalue weighted by atomic mass is 31.2. The highest BCUT2D eigenvalue weighted by Gasteiger charge is 2.49. The lowest BCUT2D eigenvalue weighted by Gasteiger charge is -2.28. The van der Waals surface area contributed by atoms with Gasteiger partial charge in [-0.2, -0.15) is 4.98 Å². The summed E-state index contributed by atoms with van der Waals surface area (Å²) in [6.45, 7) is 6.57. The molecule has 6 atom stereocenters. The average Bonchev–Trinajstić information content (AvgIpc) is 3.47. The van der Waals surface area contributed by atoms with E-state index in [9.17, 15) is 28.9 Å². The van der Waals surface area contributed by atoms with Crippen LogP contribution in [0.3, 0.4) is 0 Å². The van der Waals surface area contributed by atoms with Crippen molar-refractivity contribution in [2.75, 3.05) is 12.3 Å². The van der Waals surface area contributed by atoms with E-state index in [1.807, 2.05) is 5.09 Å². The quantitative estimate of drug-likeness (QED) is 0.104. The number of carbonyl (C=O) groups excluding carboxylic acids is 1. The van der Waals surface area contributed by atoms with Crippen molar-refractivity contribution >= 4 is 36.6 Å². The number of benzene rings is 1. The number of nitrogens with one attached hydrogen (secondary N) is 2. The van der Waals surface area contributed by atoms with Crippen molar-refractivity contribution in [3.8, 4) is 0 Å². The second kappa shape index (κ2) is 12.8. The first-order valence-electron chi connectivity index (χ1n) is 13.0. The Labute approximate surface area is 239 Å². The van der Waals surface area contributed by atoms with Crippen molar-refractivity contribution in [1.29, 1.82) is 0 Å². The monoisotopic (exact) mass is 608 g/mol. The molecule has 0 bridgehead atoms. The Morgan fingerprint density at radius 1 is 1.17 bits per heavy atom. The van der Waals surface area contributed by atoms with Crippen LogP contribution in [0.5, 0.6) is 0 Å². The molecule has 42 heavy (non-hydrogen) atoms. The number of carboxylic acid groups (broad SMARTS) is 1. The van der Waals surface area contributed by atoms with Crippen LogP contribution in [0.2, 0.25) is 0 Å². The van der Waals surface area contributed by atoms with E-state index in [2.05, 4.69) is 15.0 Å². The molecule has 6 N–H and O–H groups in total. The molecule has 1 saturated heterocycles. The number of ketones is 1. The van der Waals surface area contributed by atoms with Gasteiger partial charge in [0.15, 0.2) is 29.2 Å². The Morgan fingerprint density at radius 3 is 2.43 bits per heavy atom. The number of imidazole rings is 1. The van der Waals surface area contributed by atoms with E-state index >= 15 is 0 Å². The van der Waals surface area contributed by atoms with Crippen LogP contribution >= 0.6 is 7.75 Å². The number of aliphatic carboxylic acids is 1. The number of ether oxygens (including phenoxy) is 3. The zero-order chi connectivity index (χ0) is 30.8. The fraction of sp³-hybridized carbons (Fsp3) is 0.480. The number of aromatic amines is 1. The number of Topliss-reactive ketones (excluding diaryl/α,β-unsaturated/α-hetero) is 1. The van der Waals surface area contributed by atoms with Gasteiger partial charge in [-0.05, 0) is 27.7 Å². The van der Waals surface area contributed by atoms with Gasteiger partial charge in [0, 0.05) is 5.56 Å². The van der Waals surface area contributed by atoms with E-state index in [0.717, 1.165) is 0 Å². The lowest BCUT2D eigenvalue weighted by atomic mass is 10.1. The van der Waals surface area contributed by atoms with Crippen LogP contribution in [0.1, 0.15) is 44.3 Å². The second-order valence-corrected chi connectivity index (χ2v) is 11.6. The van der Waals surface area contributed by atoms with Gasteiger partial charge in [-0.1, -0.05) is 30.3 Å². The minimum absolute atomic E-state index is 0.00369. The first kappa shape index (κ1) is 31.4. The van der Waals surface area contributed by atoms with Crippen LogP contribution in [-0.2, 0) is 28.1 Å². The molecule has 1 aliphatic heterocycles. The largest absolute Gasteiger partial charge is 0.480 e. The maximum absolute atomic E-state index is 13.0. The molecule has 3 aromatic rings. The Bertz CT molecular complexity index is 1530. The van der Waals surface area contributed by atoms with Crippen molar-refractivity contribution < 1.29 is 42.9 Å². The minimum atomic E-state index is -4.89. The van der Waals surface area contributed by atoms with Gasteiger partial charge in [-0.25, -0.2) is 14.6 Å². The molecule has 17 heteroatoms. The fourth-order valence-electron chi connectivity index (χ4n) is 4.50. The van der Waals surface area contributed by atoms with Crippen molar-refractivity contribution in [2.45, 2.75) is 70.5 Å². The molecule has 2 unspecified atom stereocenters. The molecule has 0 amide bonds. The fourth-order valence-corrected chi connectivity index (χ4v) is 5.48. The van der Waals surface area contributed by atoms with Gasteiger partial charge in [0.1, 0.15) is 18.3 Å². The molecular weight excluding hydrogens is 575 g/mol. The molecule has 0 aliphatic carbocycles. The molecule has 0 radical (unpaired) electrons. The molecule has 0 saturated carbocycles. The van der Waals surface area contributed by atoms with E-state index in [4.69, 9.17) is 24.5 Å². The topological polar surface area (TPSA) is 230 Å². The molecule has 1 aromatic carbocycles. The minimum Gasteiger partial charge on any atom is -0.480 e. The van der Waals surface area contributed by atoms with Crippen LogP contribution in [0.15, 0.2) is 41.5 Å². The zero-order valence-electron chi connectivity index (χ0n) is 23.2. The third kappa shape index (κ3) is 7.10. The second-order valence-electron chi connectivity index (χ2n) is 10.1. The highest BCUT2D eigenvalue weighted by Crippen LogP contribution is 2.42. The van der Waals surface area contributed by atoms with Crippen molar-refractivity contribution in [1.82, 2.24) is 24.6 Å². The Hall–Kier alpha value is -3.50. The number of nitrogens with two attached hydrogens (primary N) is 1. The number of carbonyl (C=O) groups is 2. The van der Waals surface area contributed by atoms with Gasteiger partial charge < -0.3 is 29.9 Å². The summed E-state index contributed by atoms with van der Waals surface area (Å²) in [6.07, 6.45) is -3.05. The van der Waals surface area contributed by atoms with Gasteiger partial charge in [-0.3, -0.25) is 28.5 Å². The van der Waals surface area contributed by atoms with Gasteiger partial charge in [-0.15, -0.1) is 0 Å². The van der Waals surface area contributed by atoms with Crippen LogP contribution in [0, 0.1) is 0 Å². The zero-order valence-corrected chi connectivity index (χ0v) is 24.1. The smallest absolute Gasteiger partial charge is 0.404 e. The predicted molar refractivity (Wildman–Crippen MR) is 148 cm³/mol. The number of fused-ring (bicyclic) bond motifs is 1. The number of anilines is 1. The maximum atomic E-state index is 13.0. The molecule has 2 aromatic heterocycles. The Balaban J connectivity index is 1.60. The van der Waals surface area contributed by atoms with Gasteiger partial charge >= 0.3 is 13.7 Å². The average molecular weight is 609 g/mol. The van der Waals surface area contributed by atoms with Crippen LogP contribution in [0.25, 0.3) is 11.2 Å². The number of hydrogen-bond donors (Lipinski definition) is 5. The van der Waals surface area contributed by atoms with Crippen molar-refractivity contribution in [2.24, 2.45) is 0 Å². The van der Waals surface area contributed by atoms with Gasteiger partial charge in [0.2, 0.25) is 5.95 Å². The predicted octanol–water partition coefficient (Wildman–Crippen LogP) is 1.23. The number of carboxylic acids is 1. The SMILES string of the molecule is CC(C)O[C@@H]1[C@H](OC(C)C)[C@@H](COP(=O)(O)NC(C(=O)O)C(=O)c2ccccc2)O[C@H]1n1cnc2c(=O)[nH]c(N)nc21. The van der Waals surface area contributed by atoms with Gasteiger partial charge in [0.25, 0.3) is 5.56 Å². The lowest BCUT2D eigenvalue weighted by molar-refractivity contribution is -0.137. The molecule has 1 fully saturated rings. The lowest BCUT2D eigenvalue weighted by Crippen LogP contribution is -2.43. The van der Waals surface area contributed by atoms with E-state index in [-0.39, 0.29) is 34.9 Å². The normalized spacial score (nSPS) is 22.9. The first-order chi connectivity index (χ1) is 19.8. The summed E-state index contributed by atoms with van der Waals surface area (Å²) in [4.78, 5) is 58.1. The number of nitrogen functional groups attached to an aromatic ring is 1. The molecule has 228 valence electrons. The molecule has 0 spiro atoms. The first-order valence-corrected chi connectivity index (χ1v) is 14.6. The summed E-state index contributed by atoms with van der Waals surface area (Å²) in [5.74, 6) is -2.74. The number of aromatic nitrogens is 4. The van der Waals surface area contributed by atoms with Crippen molar-refractivity contribution in [3.05, 3.63) is 52.6 Å². The molecular formula is C25H33N6O10P. The number of hydrogen-bond acceptors (Lipinski definition) is 11. The molecule has 3 heterocycles. The third-order valence-electron chi connectivity index (χ3n) is 6.14. The summed E-state index contributed by atoms with van der Waals surface area (Å²) in [7, 11) is -4.89. The summed E-state index contributed by atoms with van der Waals surface area (Å²) >= 11 is 0. The molecule has 1 aliphatic rings. The van der Waals surface area contributed by atoms with E-state index in [1.165, 1.54) is 35.2 Å². The summed E-state index contributed by atoms with van der Waals surface area (Å²) in [5, 5.41) is 11.5. The van der Waals surface area contributed by atoms with E-state index in [1.54, 1.807) is 33.8 Å². The van der Waals surface area contributed by atoms with Crippen LogP contribution < -0.4 is 16.4 Å². The summed E-state index contributed by atoms with van der Waals surface area (Å²) in [6, 6.07) is 5.40. The summed E-state index contributed by atoms with van der Waals surface area (Å²) in [5.41, 5.74) is 5.33. The number of rotatable bonds is 13. The highest BCUT2D eigenvalue weighted by molar-refractivity contribution is 7.50. The van der Waals surface area contributed by atoms with Crippen LogP contribution in [-0.4, -0.2) is 84.4 Å². The van der Waals surface area contributed by atoms with E-state index in [0.29, 0.717) is 0 Å². The van der Waals surface area contributed by atoms with Gasteiger partial charge in [0.05, 0.1) is 25.1 Å². The number of nitrogens with zero attached hydrogens (tertiary/aromatic N) is 3. The summed E-state index contributed by atoms with van der Waals surface area (Å²) < 4.78 is 38.1. The Kier molecular flexibility index (Phi) is 9.57. The third-order valence-corrected chi connectivity index (χ3v) is 7.23. The van der Waals surface area contributed by atoms with Crippen LogP contribution in [0.4, 0.5) is 5.95 Å². The van der Waals surface area contributed by atoms with E-state index < -0.39 is 62.2 Å². The molecule has 4 rings (SSSR count).